The molecule has 1 aromatic carbocycles. The summed E-state index contributed by atoms with van der Waals surface area (Å²) in [6.45, 7) is 4.88. The van der Waals surface area contributed by atoms with E-state index in [1.165, 1.54) is 44.1 Å². The molecule has 0 radical (unpaired) electrons. The van der Waals surface area contributed by atoms with E-state index in [4.69, 9.17) is 9.47 Å². The minimum absolute atomic E-state index is 0.0258. The Hall–Kier alpha value is -1.55. The average molecular weight is 388 g/mol. The molecule has 1 aromatic rings. The number of ether oxygens (including phenoxy) is 2. The molecule has 2 fully saturated rings. The maximum Gasteiger partial charge on any atom is 0.220 e. The van der Waals surface area contributed by atoms with E-state index in [2.05, 4.69) is 17.4 Å². The number of nitrogens with one attached hydrogen (secondary N) is 1. The zero-order chi connectivity index (χ0) is 19.7. The van der Waals surface area contributed by atoms with E-state index in [-0.39, 0.29) is 11.3 Å². The van der Waals surface area contributed by atoms with Crippen molar-refractivity contribution in [3.8, 4) is 5.75 Å². The normalized spacial score (nSPS) is 19.9. The lowest BCUT2D eigenvalue weighted by Gasteiger charge is -2.38. The fourth-order valence-corrected chi connectivity index (χ4v) is 4.78. The lowest BCUT2D eigenvalue weighted by atomic mass is 9.74. The second kappa shape index (κ2) is 10.8. The van der Waals surface area contributed by atoms with Crippen LogP contribution in [0.5, 0.6) is 5.75 Å². The van der Waals surface area contributed by atoms with Crippen LogP contribution in [0.3, 0.4) is 0 Å². The maximum absolute atomic E-state index is 12.5. The van der Waals surface area contributed by atoms with Crippen LogP contribution in [0, 0.1) is 5.92 Å². The smallest absolute Gasteiger partial charge is 0.220 e. The molecule has 1 aliphatic heterocycles. The van der Waals surface area contributed by atoms with Crippen LogP contribution in [-0.2, 0) is 14.9 Å². The number of hydrogen-bond acceptors (Lipinski definition) is 3. The highest BCUT2D eigenvalue weighted by Crippen LogP contribution is 2.35. The van der Waals surface area contributed by atoms with Gasteiger partial charge in [-0.3, -0.25) is 4.79 Å². The number of hydrogen-bond donors (Lipinski definition) is 1. The molecule has 0 aromatic heterocycles. The summed E-state index contributed by atoms with van der Waals surface area (Å²) in [4.78, 5) is 12.5. The molecular formula is C24H37NO3. The van der Waals surface area contributed by atoms with Crippen molar-refractivity contribution >= 4 is 5.91 Å². The van der Waals surface area contributed by atoms with Gasteiger partial charge in [0.05, 0.1) is 6.61 Å². The summed E-state index contributed by atoms with van der Waals surface area (Å²) in [5.74, 6) is 1.96. The molecule has 156 valence electrons. The van der Waals surface area contributed by atoms with Crippen molar-refractivity contribution in [3.05, 3.63) is 29.8 Å². The second-order valence-electron chi connectivity index (χ2n) is 8.52. The molecule has 1 amide bonds. The molecule has 4 heteroatoms. The molecule has 28 heavy (non-hydrogen) atoms. The average Bonchev–Trinajstić information content (AvgIpc) is 2.74. The summed E-state index contributed by atoms with van der Waals surface area (Å²) >= 11 is 0. The van der Waals surface area contributed by atoms with E-state index < -0.39 is 0 Å². The first-order chi connectivity index (χ1) is 13.7. The van der Waals surface area contributed by atoms with Gasteiger partial charge in [0.1, 0.15) is 5.75 Å². The fraction of sp³-hybridized carbons (Fsp3) is 0.708. The quantitative estimate of drug-likeness (QED) is 0.648. The molecule has 2 aliphatic rings. The summed E-state index contributed by atoms with van der Waals surface area (Å²) in [5, 5.41) is 3.24. The van der Waals surface area contributed by atoms with E-state index in [0.29, 0.717) is 19.6 Å². The largest absolute Gasteiger partial charge is 0.494 e. The molecule has 0 atom stereocenters. The van der Waals surface area contributed by atoms with Crippen molar-refractivity contribution in [2.24, 2.45) is 5.92 Å². The van der Waals surface area contributed by atoms with Gasteiger partial charge in [0.15, 0.2) is 0 Å². The highest BCUT2D eigenvalue weighted by molar-refractivity contribution is 5.76. The van der Waals surface area contributed by atoms with E-state index in [1.807, 2.05) is 19.1 Å². The van der Waals surface area contributed by atoms with Gasteiger partial charge in [0.2, 0.25) is 5.91 Å². The van der Waals surface area contributed by atoms with E-state index >= 15 is 0 Å². The summed E-state index contributed by atoms with van der Waals surface area (Å²) < 4.78 is 11.2. The van der Waals surface area contributed by atoms with Crippen LogP contribution in [0.2, 0.25) is 0 Å². The number of rotatable bonds is 9. The van der Waals surface area contributed by atoms with Crippen LogP contribution in [0.15, 0.2) is 24.3 Å². The molecule has 3 rings (SSSR count). The third-order valence-corrected chi connectivity index (χ3v) is 6.59. The van der Waals surface area contributed by atoms with Crippen molar-refractivity contribution in [1.29, 1.82) is 0 Å². The molecular weight excluding hydrogens is 350 g/mol. The van der Waals surface area contributed by atoms with Gasteiger partial charge in [-0.1, -0.05) is 44.2 Å². The predicted molar refractivity (Wildman–Crippen MR) is 113 cm³/mol. The lowest BCUT2D eigenvalue weighted by Crippen LogP contribution is -2.44. The van der Waals surface area contributed by atoms with Gasteiger partial charge in [0.25, 0.3) is 0 Å². The van der Waals surface area contributed by atoms with E-state index in [9.17, 15) is 4.79 Å². The van der Waals surface area contributed by atoms with Crippen molar-refractivity contribution in [3.63, 3.8) is 0 Å². The van der Waals surface area contributed by atoms with Crippen molar-refractivity contribution in [2.45, 2.75) is 76.5 Å². The van der Waals surface area contributed by atoms with Crippen LogP contribution in [0.1, 0.15) is 76.7 Å². The van der Waals surface area contributed by atoms with Crippen molar-refractivity contribution < 1.29 is 14.3 Å². The molecule has 0 bridgehead atoms. The highest BCUT2D eigenvalue weighted by Gasteiger charge is 2.34. The van der Waals surface area contributed by atoms with Gasteiger partial charge < -0.3 is 14.8 Å². The van der Waals surface area contributed by atoms with Gasteiger partial charge in [-0.2, -0.15) is 0 Å². The molecule has 4 nitrogen and oxygen atoms in total. The molecule has 1 aliphatic carbocycles. The van der Waals surface area contributed by atoms with Crippen LogP contribution < -0.4 is 10.1 Å². The Morgan fingerprint density at radius 2 is 1.86 bits per heavy atom. The monoisotopic (exact) mass is 387 g/mol. The fourth-order valence-electron chi connectivity index (χ4n) is 4.78. The number of amides is 1. The number of carbonyl (C=O) groups excluding carboxylic acids is 1. The SMILES string of the molecule is CCOc1ccc(C2(CNC(=O)CCCC3CCCCC3)CCOCC2)cc1. The Morgan fingerprint density at radius 1 is 1.14 bits per heavy atom. The third kappa shape index (κ3) is 5.97. The maximum atomic E-state index is 12.5. The second-order valence-corrected chi connectivity index (χ2v) is 8.52. The van der Waals surface area contributed by atoms with Crippen molar-refractivity contribution in [2.75, 3.05) is 26.4 Å². The molecule has 0 unspecified atom stereocenters. The lowest BCUT2D eigenvalue weighted by molar-refractivity contribution is -0.121. The Labute approximate surface area is 170 Å². The first-order valence-corrected chi connectivity index (χ1v) is 11.3. The van der Waals surface area contributed by atoms with E-state index in [1.54, 1.807) is 0 Å². The van der Waals surface area contributed by atoms with Crippen LogP contribution in [0.25, 0.3) is 0 Å². The summed E-state index contributed by atoms with van der Waals surface area (Å²) in [6.07, 6.45) is 11.7. The Bertz CT molecular complexity index is 586. The van der Waals surface area contributed by atoms with Crippen molar-refractivity contribution in [1.82, 2.24) is 5.32 Å². The Morgan fingerprint density at radius 3 is 2.54 bits per heavy atom. The molecule has 1 saturated heterocycles. The summed E-state index contributed by atoms with van der Waals surface area (Å²) in [6, 6.07) is 8.40. The summed E-state index contributed by atoms with van der Waals surface area (Å²) in [5.41, 5.74) is 1.25. The van der Waals surface area contributed by atoms with Gasteiger partial charge >= 0.3 is 0 Å². The number of benzene rings is 1. The minimum atomic E-state index is -0.0258. The highest BCUT2D eigenvalue weighted by atomic mass is 16.5. The summed E-state index contributed by atoms with van der Waals surface area (Å²) in [7, 11) is 0. The topological polar surface area (TPSA) is 47.6 Å². The minimum Gasteiger partial charge on any atom is -0.494 e. The molecule has 1 N–H and O–H groups in total. The van der Waals surface area contributed by atoms with Crippen LogP contribution >= 0.6 is 0 Å². The Kier molecular flexibility index (Phi) is 8.20. The van der Waals surface area contributed by atoms with E-state index in [0.717, 1.165) is 44.1 Å². The van der Waals surface area contributed by atoms with Gasteiger partial charge in [-0.25, -0.2) is 0 Å². The zero-order valence-corrected chi connectivity index (χ0v) is 17.5. The van der Waals surface area contributed by atoms with Gasteiger partial charge in [0, 0.05) is 31.6 Å². The molecule has 0 spiro atoms. The van der Waals surface area contributed by atoms with Crippen LogP contribution in [0.4, 0.5) is 0 Å². The first-order valence-electron chi connectivity index (χ1n) is 11.3. The zero-order valence-electron chi connectivity index (χ0n) is 17.5. The molecule has 1 heterocycles. The predicted octanol–water partition coefficient (Wildman–Crippen LogP) is 5.00. The standard InChI is InChI=1S/C24H37NO3/c1-2-28-22-13-11-21(12-14-22)24(15-17-27-18-16-24)19-25-23(26)10-6-9-20-7-4-3-5-8-20/h11-14,20H,2-10,15-19H2,1H3,(H,25,26). The van der Waals surface area contributed by atoms with Crippen LogP contribution in [-0.4, -0.2) is 32.3 Å². The van der Waals surface area contributed by atoms with Gasteiger partial charge in [-0.05, 0) is 56.2 Å². The first kappa shape index (κ1) is 21.2. The number of carbonyl (C=O) groups is 1. The third-order valence-electron chi connectivity index (χ3n) is 6.59. The van der Waals surface area contributed by atoms with Gasteiger partial charge in [-0.15, -0.1) is 0 Å². The Balaban J connectivity index is 1.51. The molecule has 1 saturated carbocycles.